The van der Waals surface area contributed by atoms with Gasteiger partial charge in [0.2, 0.25) is 0 Å². The fourth-order valence-electron chi connectivity index (χ4n) is 1.39. The highest BCUT2D eigenvalue weighted by Gasteiger charge is 2.14. The van der Waals surface area contributed by atoms with Crippen LogP contribution in [0.2, 0.25) is 5.02 Å². The van der Waals surface area contributed by atoms with Gasteiger partial charge in [-0.3, -0.25) is 4.72 Å². The summed E-state index contributed by atoms with van der Waals surface area (Å²) < 4.78 is 26.5. The second-order valence-corrected chi connectivity index (χ2v) is 5.76. The number of benzene rings is 1. The number of sulfonamides is 1. The molecule has 4 N–H and O–H groups in total. The highest BCUT2D eigenvalue weighted by atomic mass is 35.5. The molecule has 1 heterocycles. The van der Waals surface area contributed by atoms with E-state index in [2.05, 4.69) is 15.1 Å². The molecule has 2 rings (SSSR count). The molecule has 0 amide bonds. The topological polar surface area (TPSA) is 97.1 Å². The number of hydrogen-bond acceptors (Lipinski definition) is 5. The normalized spacial score (nSPS) is 11.1. The van der Waals surface area contributed by atoms with E-state index in [-0.39, 0.29) is 4.90 Å². The van der Waals surface area contributed by atoms with Crippen molar-refractivity contribution in [1.82, 2.24) is 4.98 Å². The summed E-state index contributed by atoms with van der Waals surface area (Å²) in [6, 6.07) is 9.29. The summed E-state index contributed by atoms with van der Waals surface area (Å²) in [7, 11) is -3.69. The molecule has 2 aromatic rings. The molecule has 100 valence electrons. The van der Waals surface area contributed by atoms with Crippen molar-refractivity contribution in [2.45, 2.75) is 4.90 Å². The number of anilines is 2. The maximum Gasteiger partial charge on any atom is 0.263 e. The van der Waals surface area contributed by atoms with Gasteiger partial charge in [-0.15, -0.1) is 0 Å². The summed E-state index contributed by atoms with van der Waals surface area (Å²) in [5, 5.41) is 0.445. The lowest BCUT2D eigenvalue weighted by Crippen LogP contribution is -2.14. The van der Waals surface area contributed by atoms with Gasteiger partial charge in [0.15, 0.2) is 0 Å². The van der Waals surface area contributed by atoms with Gasteiger partial charge in [0, 0.05) is 11.2 Å². The lowest BCUT2D eigenvalue weighted by molar-refractivity contribution is 0.601. The molecule has 0 bridgehead atoms. The van der Waals surface area contributed by atoms with Gasteiger partial charge in [-0.25, -0.2) is 19.2 Å². The Morgan fingerprint density at radius 1 is 1.21 bits per heavy atom. The van der Waals surface area contributed by atoms with Crippen LogP contribution >= 0.6 is 11.6 Å². The summed E-state index contributed by atoms with van der Waals surface area (Å²) >= 11 is 5.79. The Kier molecular flexibility index (Phi) is 3.89. The number of hydrazine groups is 1. The van der Waals surface area contributed by atoms with Gasteiger partial charge in [-0.1, -0.05) is 17.7 Å². The molecule has 19 heavy (non-hydrogen) atoms. The van der Waals surface area contributed by atoms with E-state index < -0.39 is 10.0 Å². The Balaban J connectivity index is 2.27. The number of halogens is 1. The van der Waals surface area contributed by atoms with Crippen LogP contribution in [0.4, 0.5) is 11.5 Å². The van der Waals surface area contributed by atoms with Crippen LogP contribution in [-0.4, -0.2) is 13.4 Å². The van der Waals surface area contributed by atoms with E-state index in [0.29, 0.717) is 16.5 Å². The zero-order valence-electron chi connectivity index (χ0n) is 9.67. The number of nitrogens with one attached hydrogen (secondary N) is 2. The van der Waals surface area contributed by atoms with Crippen molar-refractivity contribution in [2.24, 2.45) is 5.84 Å². The van der Waals surface area contributed by atoms with Crippen LogP contribution in [0.3, 0.4) is 0 Å². The summed E-state index contributed by atoms with van der Waals surface area (Å²) in [6.45, 7) is 0. The number of pyridine rings is 1. The van der Waals surface area contributed by atoms with Gasteiger partial charge in [-0.2, -0.15) is 0 Å². The van der Waals surface area contributed by atoms with Crippen molar-refractivity contribution in [1.29, 1.82) is 0 Å². The summed E-state index contributed by atoms with van der Waals surface area (Å²) in [5.41, 5.74) is 2.70. The second kappa shape index (κ2) is 5.43. The van der Waals surface area contributed by atoms with Crippen LogP contribution in [0.5, 0.6) is 0 Å². The average molecular weight is 299 g/mol. The van der Waals surface area contributed by atoms with Gasteiger partial charge in [0.05, 0.1) is 5.69 Å². The van der Waals surface area contributed by atoms with Gasteiger partial charge in [0.1, 0.15) is 10.7 Å². The van der Waals surface area contributed by atoms with Crippen LogP contribution in [0.25, 0.3) is 0 Å². The minimum atomic E-state index is -3.69. The van der Waals surface area contributed by atoms with Crippen molar-refractivity contribution in [3.63, 3.8) is 0 Å². The molecule has 1 aromatic heterocycles. The number of aromatic nitrogens is 1. The number of rotatable bonds is 4. The molecule has 0 aliphatic rings. The molecule has 0 aliphatic carbocycles. The van der Waals surface area contributed by atoms with E-state index in [1.165, 1.54) is 24.4 Å². The Morgan fingerprint density at radius 2 is 2.00 bits per heavy atom. The molecule has 0 atom stereocenters. The van der Waals surface area contributed by atoms with Gasteiger partial charge in [-0.05, 0) is 30.3 Å². The Labute approximate surface area is 115 Å². The summed E-state index contributed by atoms with van der Waals surface area (Å²) in [4.78, 5) is 3.88. The summed E-state index contributed by atoms with van der Waals surface area (Å²) in [6.07, 6.45) is 1.21. The van der Waals surface area contributed by atoms with Gasteiger partial charge >= 0.3 is 0 Å². The van der Waals surface area contributed by atoms with E-state index in [1.807, 2.05) is 0 Å². The smallest absolute Gasteiger partial charge is 0.263 e. The molecular formula is C11H11ClN4O2S. The van der Waals surface area contributed by atoms with Crippen molar-refractivity contribution < 1.29 is 8.42 Å². The highest BCUT2D eigenvalue weighted by Crippen LogP contribution is 2.19. The van der Waals surface area contributed by atoms with Crippen LogP contribution in [0, 0.1) is 0 Å². The second-order valence-electron chi connectivity index (χ2n) is 3.64. The minimum absolute atomic E-state index is 0.0338. The average Bonchev–Trinajstić information content (AvgIpc) is 2.38. The number of nitrogens with zero attached hydrogens (tertiary/aromatic N) is 1. The monoisotopic (exact) mass is 298 g/mol. The fourth-order valence-corrected chi connectivity index (χ4v) is 2.57. The Hall–Kier alpha value is -1.83. The van der Waals surface area contributed by atoms with Crippen LogP contribution in [-0.2, 0) is 10.0 Å². The predicted octanol–water partition coefficient (Wildman–Crippen LogP) is 1.82. The van der Waals surface area contributed by atoms with E-state index >= 15 is 0 Å². The first-order valence-electron chi connectivity index (χ1n) is 5.22. The van der Waals surface area contributed by atoms with Crippen molar-refractivity contribution in [3.05, 3.63) is 47.6 Å². The SMILES string of the molecule is NNc1ccc(S(=O)(=O)Nc2cccc(Cl)c2)cn1. The molecule has 0 fully saturated rings. The number of nitrogens with two attached hydrogens (primary N) is 1. The van der Waals surface area contributed by atoms with Crippen molar-refractivity contribution in [3.8, 4) is 0 Å². The predicted molar refractivity (Wildman–Crippen MR) is 74.3 cm³/mol. The van der Waals surface area contributed by atoms with Gasteiger partial charge in [0.25, 0.3) is 10.0 Å². The lowest BCUT2D eigenvalue weighted by atomic mass is 10.3. The maximum atomic E-state index is 12.1. The minimum Gasteiger partial charge on any atom is -0.308 e. The maximum absolute atomic E-state index is 12.1. The molecule has 0 saturated carbocycles. The molecular weight excluding hydrogens is 288 g/mol. The third-order valence-corrected chi connectivity index (χ3v) is 3.87. The molecule has 0 spiro atoms. The third kappa shape index (κ3) is 3.34. The Bertz CT molecular complexity index is 673. The molecule has 1 aromatic carbocycles. The largest absolute Gasteiger partial charge is 0.308 e. The van der Waals surface area contributed by atoms with E-state index in [0.717, 1.165) is 0 Å². The molecule has 6 nitrogen and oxygen atoms in total. The van der Waals surface area contributed by atoms with Crippen molar-refractivity contribution >= 4 is 33.1 Å². The fraction of sp³-hybridized carbons (Fsp3) is 0. The van der Waals surface area contributed by atoms with Crippen LogP contribution in [0.1, 0.15) is 0 Å². The zero-order valence-corrected chi connectivity index (χ0v) is 11.2. The summed E-state index contributed by atoms with van der Waals surface area (Å²) in [5.74, 6) is 5.53. The van der Waals surface area contributed by atoms with E-state index in [1.54, 1.807) is 18.2 Å². The highest BCUT2D eigenvalue weighted by molar-refractivity contribution is 7.92. The third-order valence-electron chi connectivity index (χ3n) is 2.27. The molecule has 0 aliphatic heterocycles. The van der Waals surface area contributed by atoms with Crippen molar-refractivity contribution in [2.75, 3.05) is 10.1 Å². The molecule has 8 heteroatoms. The van der Waals surface area contributed by atoms with Crippen LogP contribution in [0.15, 0.2) is 47.5 Å². The first-order chi connectivity index (χ1) is 9.01. The quantitative estimate of drug-likeness (QED) is 0.591. The molecule has 0 radical (unpaired) electrons. The number of nitrogen functional groups attached to an aromatic ring is 1. The van der Waals surface area contributed by atoms with Crippen LogP contribution < -0.4 is 16.0 Å². The lowest BCUT2D eigenvalue weighted by Gasteiger charge is -2.08. The first-order valence-corrected chi connectivity index (χ1v) is 7.08. The molecule has 0 unspecified atom stereocenters. The zero-order chi connectivity index (χ0) is 13.9. The standard InChI is InChI=1S/C11H11ClN4O2S/c12-8-2-1-3-9(6-8)16-19(17,18)10-4-5-11(15-13)14-7-10/h1-7,16H,13H2,(H,14,15). The van der Waals surface area contributed by atoms with Gasteiger partial charge < -0.3 is 5.43 Å². The Morgan fingerprint density at radius 3 is 2.58 bits per heavy atom. The van der Waals surface area contributed by atoms with E-state index in [4.69, 9.17) is 17.4 Å². The first kappa shape index (κ1) is 13.6. The molecule has 0 saturated heterocycles. The van der Waals surface area contributed by atoms with E-state index in [9.17, 15) is 8.42 Å². The number of hydrogen-bond donors (Lipinski definition) is 3.